The maximum atomic E-state index is 10.0. The molecule has 0 saturated carbocycles. The van der Waals surface area contributed by atoms with E-state index in [1.807, 2.05) is 13.8 Å². The second-order valence-corrected chi connectivity index (χ2v) is 5.29. The van der Waals surface area contributed by atoms with Crippen molar-refractivity contribution in [3.63, 3.8) is 0 Å². The molecule has 15 heavy (non-hydrogen) atoms. The molecule has 3 nitrogen and oxygen atoms in total. The smallest absolute Gasteiger partial charge is 0.0766 e. The third-order valence-corrected chi connectivity index (χ3v) is 2.73. The average molecular weight is 216 g/mol. The van der Waals surface area contributed by atoms with E-state index in [2.05, 4.69) is 31.4 Å². The highest BCUT2D eigenvalue weighted by atomic mass is 16.3. The van der Waals surface area contributed by atoms with Crippen molar-refractivity contribution in [1.82, 2.24) is 10.6 Å². The maximum absolute atomic E-state index is 10.0. The third kappa shape index (κ3) is 7.77. The van der Waals surface area contributed by atoms with Crippen LogP contribution in [0.4, 0.5) is 0 Å². The Hall–Kier alpha value is -0.120. The Balaban J connectivity index is 3.54. The van der Waals surface area contributed by atoms with Crippen molar-refractivity contribution < 1.29 is 5.11 Å². The van der Waals surface area contributed by atoms with Gasteiger partial charge in [-0.1, -0.05) is 13.8 Å². The van der Waals surface area contributed by atoms with Gasteiger partial charge in [0.2, 0.25) is 0 Å². The zero-order valence-corrected chi connectivity index (χ0v) is 11.0. The fourth-order valence-corrected chi connectivity index (χ4v) is 1.35. The average Bonchev–Trinajstić information content (AvgIpc) is 2.15. The number of hydrogen-bond acceptors (Lipinski definition) is 3. The molecular formula is C12H28N2O. The topological polar surface area (TPSA) is 44.3 Å². The van der Waals surface area contributed by atoms with Crippen LogP contribution in [0, 0.1) is 0 Å². The summed E-state index contributed by atoms with van der Waals surface area (Å²) in [5.41, 5.74) is -0.352. The lowest BCUT2D eigenvalue weighted by Crippen LogP contribution is -2.44. The Labute approximate surface area is 94.6 Å². The van der Waals surface area contributed by atoms with Crippen LogP contribution in [0.1, 0.15) is 47.5 Å². The predicted molar refractivity (Wildman–Crippen MR) is 66.2 cm³/mol. The molecule has 3 heteroatoms. The van der Waals surface area contributed by atoms with E-state index in [1.165, 1.54) is 0 Å². The number of hydrogen-bond donors (Lipinski definition) is 3. The van der Waals surface area contributed by atoms with Gasteiger partial charge in [0.15, 0.2) is 0 Å². The van der Waals surface area contributed by atoms with Crippen molar-refractivity contribution in [3.8, 4) is 0 Å². The minimum Gasteiger partial charge on any atom is -0.389 e. The van der Waals surface area contributed by atoms with E-state index in [0.717, 1.165) is 25.9 Å². The Kier molecular flexibility index (Phi) is 6.41. The summed E-state index contributed by atoms with van der Waals surface area (Å²) in [7, 11) is 0. The van der Waals surface area contributed by atoms with Gasteiger partial charge in [-0.2, -0.15) is 0 Å². The first-order valence-corrected chi connectivity index (χ1v) is 6.01. The molecule has 0 aliphatic carbocycles. The van der Waals surface area contributed by atoms with E-state index >= 15 is 0 Å². The summed E-state index contributed by atoms with van der Waals surface area (Å²) in [6.45, 7) is 13.0. The molecule has 92 valence electrons. The summed E-state index contributed by atoms with van der Waals surface area (Å²) in [5, 5.41) is 16.7. The highest BCUT2D eigenvalue weighted by Gasteiger charge is 2.20. The molecule has 0 aliphatic rings. The van der Waals surface area contributed by atoms with Crippen molar-refractivity contribution in [2.45, 2.75) is 58.6 Å². The van der Waals surface area contributed by atoms with Gasteiger partial charge >= 0.3 is 0 Å². The van der Waals surface area contributed by atoms with Crippen molar-refractivity contribution in [1.29, 1.82) is 0 Å². The molecule has 3 N–H and O–H groups in total. The lowest BCUT2D eigenvalue weighted by molar-refractivity contribution is 0.0328. The normalized spacial score (nSPS) is 13.2. The van der Waals surface area contributed by atoms with Gasteiger partial charge in [-0.25, -0.2) is 0 Å². The molecule has 0 bridgehead atoms. The first-order chi connectivity index (χ1) is 6.83. The molecule has 0 aromatic heterocycles. The van der Waals surface area contributed by atoms with Gasteiger partial charge in [-0.3, -0.25) is 0 Å². The Morgan fingerprint density at radius 1 is 1.00 bits per heavy atom. The fraction of sp³-hybridized carbons (Fsp3) is 1.00. The Morgan fingerprint density at radius 2 is 1.53 bits per heavy atom. The number of aliphatic hydroxyl groups is 1. The molecule has 0 spiro atoms. The minimum absolute atomic E-state index is 0.174. The van der Waals surface area contributed by atoms with Crippen LogP contribution in [0.2, 0.25) is 0 Å². The highest BCUT2D eigenvalue weighted by molar-refractivity contribution is 4.78. The summed E-state index contributed by atoms with van der Waals surface area (Å²) in [6, 6.07) is 0. The monoisotopic (exact) mass is 216 g/mol. The van der Waals surface area contributed by atoms with E-state index in [9.17, 15) is 5.11 Å². The Bertz CT molecular complexity index is 159. The van der Waals surface area contributed by atoms with Gasteiger partial charge in [-0.05, 0) is 33.6 Å². The van der Waals surface area contributed by atoms with Crippen LogP contribution >= 0.6 is 0 Å². The lowest BCUT2D eigenvalue weighted by atomic mass is 9.98. The minimum atomic E-state index is -0.526. The molecule has 0 aliphatic heterocycles. The summed E-state index contributed by atoms with van der Waals surface area (Å²) in [5.74, 6) is 0. The molecule has 0 aromatic rings. The second-order valence-electron chi connectivity index (χ2n) is 5.29. The number of nitrogens with one attached hydrogen (secondary N) is 2. The summed E-state index contributed by atoms with van der Waals surface area (Å²) in [6.07, 6.45) is 1.62. The molecule has 0 rings (SSSR count). The maximum Gasteiger partial charge on any atom is 0.0766 e. The first kappa shape index (κ1) is 14.9. The first-order valence-electron chi connectivity index (χ1n) is 6.01. The van der Waals surface area contributed by atoms with Crippen molar-refractivity contribution >= 4 is 0 Å². The van der Waals surface area contributed by atoms with E-state index in [1.54, 1.807) is 0 Å². The van der Waals surface area contributed by atoms with Crippen LogP contribution in [-0.4, -0.2) is 35.9 Å². The van der Waals surface area contributed by atoms with Gasteiger partial charge < -0.3 is 15.7 Å². The van der Waals surface area contributed by atoms with E-state index in [4.69, 9.17) is 0 Å². The van der Waals surface area contributed by atoms with E-state index in [0.29, 0.717) is 6.54 Å². The quantitative estimate of drug-likeness (QED) is 0.565. The summed E-state index contributed by atoms with van der Waals surface area (Å²) < 4.78 is 0. The number of rotatable bonds is 7. The molecule has 0 saturated heterocycles. The van der Waals surface area contributed by atoms with Crippen molar-refractivity contribution in [2.75, 3.05) is 19.6 Å². The van der Waals surface area contributed by atoms with Crippen LogP contribution < -0.4 is 10.6 Å². The summed E-state index contributed by atoms with van der Waals surface area (Å²) >= 11 is 0. The highest BCUT2D eigenvalue weighted by Crippen LogP contribution is 2.12. The lowest BCUT2D eigenvalue weighted by Gasteiger charge is -2.26. The van der Waals surface area contributed by atoms with Gasteiger partial charge in [0.1, 0.15) is 0 Å². The molecular weight excluding hydrogens is 188 g/mol. The van der Waals surface area contributed by atoms with Crippen LogP contribution in [-0.2, 0) is 0 Å². The molecule has 0 atom stereocenters. The van der Waals surface area contributed by atoms with Gasteiger partial charge in [0.05, 0.1) is 5.60 Å². The standard InChI is InChI=1S/C12H28N2O/c1-6-12(15,7-2)10-13-8-9-14-11(3,4)5/h13-15H,6-10H2,1-5H3. The molecule has 0 unspecified atom stereocenters. The molecule has 0 amide bonds. The van der Waals surface area contributed by atoms with Crippen molar-refractivity contribution in [3.05, 3.63) is 0 Å². The fourth-order valence-electron chi connectivity index (χ4n) is 1.35. The zero-order valence-electron chi connectivity index (χ0n) is 11.0. The van der Waals surface area contributed by atoms with Crippen LogP contribution in [0.25, 0.3) is 0 Å². The van der Waals surface area contributed by atoms with Crippen LogP contribution in [0.3, 0.4) is 0 Å². The third-order valence-electron chi connectivity index (χ3n) is 2.73. The largest absolute Gasteiger partial charge is 0.389 e. The molecule has 0 aromatic carbocycles. The summed E-state index contributed by atoms with van der Waals surface area (Å²) in [4.78, 5) is 0. The van der Waals surface area contributed by atoms with Gasteiger partial charge in [-0.15, -0.1) is 0 Å². The SMILES string of the molecule is CCC(O)(CC)CNCCNC(C)(C)C. The van der Waals surface area contributed by atoms with Crippen LogP contribution in [0.15, 0.2) is 0 Å². The molecule has 0 fully saturated rings. The van der Waals surface area contributed by atoms with Crippen molar-refractivity contribution in [2.24, 2.45) is 0 Å². The zero-order chi connectivity index (χ0) is 11.9. The van der Waals surface area contributed by atoms with Gasteiger partial charge in [0.25, 0.3) is 0 Å². The predicted octanol–water partition coefficient (Wildman–Crippen LogP) is 1.52. The van der Waals surface area contributed by atoms with Crippen LogP contribution in [0.5, 0.6) is 0 Å². The molecule has 0 heterocycles. The second kappa shape index (κ2) is 6.46. The molecule has 0 radical (unpaired) electrons. The van der Waals surface area contributed by atoms with E-state index < -0.39 is 5.60 Å². The Morgan fingerprint density at radius 3 is 1.93 bits per heavy atom. The van der Waals surface area contributed by atoms with Gasteiger partial charge in [0, 0.05) is 25.2 Å². The van der Waals surface area contributed by atoms with E-state index in [-0.39, 0.29) is 5.54 Å².